The number of pyridine rings is 1. The summed E-state index contributed by atoms with van der Waals surface area (Å²) in [5, 5.41) is 2.96. The van der Waals surface area contributed by atoms with E-state index in [2.05, 4.69) is 10.3 Å². The largest absolute Gasteiger partial charge is 0.334 e. The van der Waals surface area contributed by atoms with Crippen LogP contribution in [0.1, 0.15) is 31.2 Å². The summed E-state index contributed by atoms with van der Waals surface area (Å²) in [6.07, 6.45) is 8.23. The van der Waals surface area contributed by atoms with Crippen molar-refractivity contribution in [3.8, 4) is 0 Å². The highest BCUT2D eigenvalue weighted by Crippen LogP contribution is 2.09. The Balaban J connectivity index is 1.80. The molecule has 17 heavy (non-hydrogen) atoms. The summed E-state index contributed by atoms with van der Waals surface area (Å²) in [7, 11) is 0. The van der Waals surface area contributed by atoms with Gasteiger partial charge in [-0.25, -0.2) is 4.79 Å². The van der Waals surface area contributed by atoms with Gasteiger partial charge >= 0.3 is 6.03 Å². The minimum absolute atomic E-state index is 0.0590. The molecule has 0 bridgehead atoms. The van der Waals surface area contributed by atoms with Crippen LogP contribution in [-0.4, -0.2) is 29.0 Å². The van der Waals surface area contributed by atoms with Gasteiger partial charge in [-0.05, 0) is 30.5 Å². The van der Waals surface area contributed by atoms with Crippen LogP contribution in [0.25, 0.3) is 0 Å². The highest BCUT2D eigenvalue weighted by atomic mass is 16.2. The molecule has 2 amide bonds. The van der Waals surface area contributed by atoms with Crippen LogP contribution in [0.5, 0.6) is 0 Å². The first-order valence-corrected chi connectivity index (χ1v) is 6.28. The molecule has 0 spiro atoms. The molecular weight excluding hydrogens is 214 g/mol. The predicted molar refractivity (Wildman–Crippen MR) is 66.5 cm³/mol. The number of nitrogens with one attached hydrogen (secondary N) is 1. The number of hydrogen-bond donors (Lipinski definition) is 1. The summed E-state index contributed by atoms with van der Waals surface area (Å²) in [4.78, 5) is 17.8. The molecule has 1 saturated heterocycles. The number of nitrogens with zero attached hydrogens (tertiary/aromatic N) is 2. The minimum atomic E-state index is 0.0590. The van der Waals surface area contributed by atoms with E-state index in [1.54, 1.807) is 12.4 Å². The lowest BCUT2D eigenvalue weighted by Crippen LogP contribution is -2.40. The van der Waals surface area contributed by atoms with E-state index in [9.17, 15) is 4.79 Å². The minimum Gasteiger partial charge on any atom is -0.334 e. The van der Waals surface area contributed by atoms with Gasteiger partial charge in [0, 0.05) is 32.0 Å². The maximum absolute atomic E-state index is 11.9. The lowest BCUT2D eigenvalue weighted by atomic mass is 10.2. The van der Waals surface area contributed by atoms with E-state index in [1.165, 1.54) is 12.8 Å². The Hall–Kier alpha value is -1.58. The third kappa shape index (κ3) is 3.73. The van der Waals surface area contributed by atoms with Gasteiger partial charge in [-0.3, -0.25) is 4.98 Å². The molecule has 0 saturated carbocycles. The Morgan fingerprint density at radius 3 is 2.47 bits per heavy atom. The van der Waals surface area contributed by atoms with Gasteiger partial charge < -0.3 is 10.2 Å². The van der Waals surface area contributed by atoms with E-state index in [1.807, 2.05) is 17.0 Å². The van der Waals surface area contributed by atoms with Crippen molar-refractivity contribution in [1.82, 2.24) is 15.2 Å². The summed E-state index contributed by atoms with van der Waals surface area (Å²) >= 11 is 0. The second-order valence-electron chi connectivity index (χ2n) is 4.42. The van der Waals surface area contributed by atoms with Gasteiger partial charge in [0.1, 0.15) is 0 Å². The molecule has 1 aliphatic heterocycles. The smallest absolute Gasteiger partial charge is 0.317 e. The molecule has 4 heteroatoms. The number of likely N-dealkylation sites (tertiary alicyclic amines) is 1. The zero-order valence-corrected chi connectivity index (χ0v) is 10.1. The maximum Gasteiger partial charge on any atom is 0.317 e. The molecular formula is C13H19N3O. The van der Waals surface area contributed by atoms with Crippen molar-refractivity contribution < 1.29 is 4.79 Å². The van der Waals surface area contributed by atoms with Crippen molar-refractivity contribution in [2.45, 2.75) is 32.2 Å². The third-order valence-electron chi connectivity index (χ3n) is 3.09. The molecule has 1 aliphatic rings. The topological polar surface area (TPSA) is 45.2 Å². The van der Waals surface area contributed by atoms with Gasteiger partial charge in [0.25, 0.3) is 0 Å². The van der Waals surface area contributed by atoms with Gasteiger partial charge in [-0.15, -0.1) is 0 Å². The van der Waals surface area contributed by atoms with E-state index >= 15 is 0 Å². The van der Waals surface area contributed by atoms with Crippen molar-refractivity contribution >= 4 is 6.03 Å². The second kappa shape index (κ2) is 6.23. The summed E-state index contributed by atoms with van der Waals surface area (Å²) in [6.45, 7) is 2.36. The molecule has 1 N–H and O–H groups in total. The Bertz CT molecular complexity index is 345. The van der Waals surface area contributed by atoms with Crippen molar-refractivity contribution in [2.24, 2.45) is 0 Å². The number of carbonyl (C=O) groups is 1. The number of aromatic nitrogens is 1. The van der Waals surface area contributed by atoms with Crippen LogP contribution in [-0.2, 0) is 6.54 Å². The normalized spacial score (nSPS) is 16.4. The number of carbonyl (C=O) groups excluding carboxylic acids is 1. The quantitative estimate of drug-likeness (QED) is 0.850. The standard InChI is InChI=1S/C13H19N3O/c17-13(16-9-3-1-2-4-10-16)15-11-12-5-7-14-8-6-12/h5-8H,1-4,9-11H2,(H,15,17). The van der Waals surface area contributed by atoms with Crippen LogP contribution in [0, 0.1) is 0 Å². The molecule has 1 aromatic rings. The van der Waals surface area contributed by atoms with Gasteiger partial charge in [0.05, 0.1) is 0 Å². The fourth-order valence-corrected chi connectivity index (χ4v) is 2.06. The van der Waals surface area contributed by atoms with Crippen molar-refractivity contribution in [2.75, 3.05) is 13.1 Å². The van der Waals surface area contributed by atoms with Crippen LogP contribution in [0.15, 0.2) is 24.5 Å². The summed E-state index contributed by atoms with van der Waals surface area (Å²) in [6, 6.07) is 3.90. The van der Waals surface area contributed by atoms with Crippen molar-refractivity contribution in [3.63, 3.8) is 0 Å². The average molecular weight is 233 g/mol. The Labute approximate surface area is 102 Å². The van der Waals surface area contributed by atoms with Gasteiger partial charge in [-0.2, -0.15) is 0 Å². The molecule has 0 radical (unpaired) electrons. The van der Waals surface area contributed by atoms with Crippen LogP contribution in [0.3, 0.4) is 0 Å². The molecule has 1 fully saturated rings. The Kier molecular flexibility index (Phi) is 4.36. The summed E-state index contributed by atoms with van der Waals surface area (Å²) < 4.78 is 0. The monoisotopic (exact) mass is 233 g/mol. The first-order valence-electron chi connectivity index (χ1n) is 6.28. The van der Waals surface area contributed by atoms with E-state index in [0.29, 0.717) is 6.54 Å². The second-order valence-corrected chi connectivity index (χ2v) is 4.42. The van der Waals surface area contributed by atoms with E-state index < -0.39 is 0 Å². The maximum atomic E-state index is 11.9. The molecule has 0 aromatic carbocycles. The number of hydrogen-bond acceptors (Lipinski definition) is 2. The predicted octanol–water partition coefficient (Wildman–Crippen LogP) is 2.17. The van der Waals surface area contributed by atoms with Gasteiger partial charge in [-0.1, -0.05) is 12.8 Å². The summed E-state index contributed by atoms with van der Waals surface area (Å²) in [5.41, 5.74) is 1.09. The first-order chi connectivity index (χ1) is 8.36. The SMILES string of the molecule is O=C(NCc1ccncc1)N1CCCCCC1. The highest BCUT2D eigenvalue weighted by molar-refractivity contribution is 5.74. The fraction of sp³-hybridized carbons (Fsp3) is 0.538. The van der Waals surface area contributed by atoms with Gasteiger partial charge in [0.15, 0.2) is 0 Å². The van der Waals surface area contributed by atoms with Crippen LogP contribution >= 0.6 is 0 Å². The zero-order chi connectivity index (χ0) is 11.9. The first kappa shape index (κ1) is 11.9. The Morgan fingerprint density at radius 1 is 1.18 bits per heavy atom. The van der Waals surface area contributed by atoms with E-state index in [4.69, 9.17) is 0 Å². The van der Waals surface area contributed by atoms with Crippen LogP contribution < -0.4 is 5.32 Å². The third-order valence-corrected chi connectivity index (χ3v) is 3.09. The number of urea groups is 1. The van der Waals surface area contributed by atoms with Crippen molar-refractivity contribution in [1.29, 1.82) is 0 Å². The molecule has 4 nitrogen and oxygen atoms in total. The van der Waals surface area contributed by atoms with E-state index in [-0.39, 0.29) is 6.03 Å². The van der Waals surface area contributed by atoms with Gasteiger partial charge in [0.2, 0.25) is 0 Å². The molecule has 92 valence electrons. The lowest BCUT2D eigenvalue weighted by Gasteiger charge is -2.20. The summed E-state index contributed by atoms with van der Waals surface area (Å²) in [5.74, 6) is 0. The average Bonchev–Trinajstić information content (AvgIpc) is 2.66. The van der Waals surface area contributed by atoms with Crippen LogP contribution in [0.4, 0.5) is 4.79 Å². The molecule has 2 heterocycles. The number of amides is 2. The Morgan fingerprint density at radius 2 is 1.82 bits per heavy atom. The molecule has 2 rings (SSSR count). The zero-order valence-electron chi connectivity index (χ0n) is 10.1. The van der Waals surface area contributed by atoms with Crippen molar-refractivity contribution in [3.05, 3.63) is 30.1 Å². The fourth-order valence-electron chi connectivity index (χ4n) is 2.06. The molecule has 1 aromatic heterocycles. The number of rotatable bonds is 2. The molecule has 0 unspecified atom stereocenters. The molecule has 0 aliphatic carbocycles. The lowest BCUT2D eigenvalue weighted by molar-refractivity contribution is 0.199. The van der Waals surface area contributed by atoms with E-state index in [0.717, 1.165) is 31.5 Å². The molecule has 0 atom stereocenters. The highest BCUT2D eigenvalue weighted by Gasteiger charge is 2.14. The van der Waals surface area contributed by atoms with Crippen LogP contribution in [0.2, 0.25) is 0 Å².